The van der Waals surface area contributed by atoms with E-state index in [0.29, 0.717) is 17.6 Å². The van der Waals surface area contributed by atoms with E-state index in [2.05, 4.69) is 67.4 Å². The lowest BCUT2D eigenvalue weighted by Gasteiger charge is -2.15. The predicted octanol–water partition coefficient (Wildman–Crippen LogP) is 9.16. The Hall–Kier alpha value is -2.89. The Balaban J connectivity index is 0. The molecular weight excluding hydrogens is 532 g/mol. The molecule has 0 aliphatic rings. The first-order valence-electron chi connectivity index (χ1n) is 16.3. The van der Waals surface area contributed by atoms with Crippen LogP contribution in [0.2, 0.25) is 0 Å². The van der Waals surface area contributed by atoms with Gasteiger partial charge < -0.3 is 15.3 Å². The molecule has 2 atom stereocenters. The molecule has 0 saturated carbocycles. The number of rotatable bonds is 20. The quantitative estimate of drug-likeness (QED) is 0.0748. The Labute approximate surface area is 265 Å². The first-order valence-corrected chi connectivity index (χ1v) is 16.3. The molecule has 0 heterocycles. The van der Waals surface area contributed by atoms with E-state index in [4.69, 9.17) is 5.11 Å². The van der Waals surface area contributed by atoms with Crippen molar-refractivity contribution in [2.45, 2.75) is 168 Å². The normalized spacial score (nSPS) is 12.4. The fourth-order valence-electron chi connectivity index (χ4n) is 3.63. The van der Waals surface area contributed by atoms with Crippen molar-refractivity contribution in [1.82, 2.24) is 0 Å². The van der Waals surface area contributed by atoms with Crippen LogP contribution in [0.4, 0.5) is 0 Å². The van der Waals surface area contributed by atoms with Crippen LogP contribution in [0.1, 0.15) is 157 Å². The average Bonchev–Trinajstić information content (AvgIpc) is 2.94. The molecule has 3 N–H and O–H groups in total. The van der Waals surface area contributed by atoms with Gasteiger partial charge in [-0.25, -0.2) is 0 Å². The molecule has 43 heavy (non-hydrogen) atoms. The highest BCUT2D eigenvalue weighted by atomic mass is 16.4. The Morgan fingerprint density at radius 1 is 0.581 bits per heavy atom. The minimum Gasteiger partial charge on any atom is -0.481 e. The number of carboxylic acids is 1. The van der Waals surface area contributed by atoms with Crippen molar-refractivity contribution in [1.29, 1.82) is 0 Å². The Bertz CT molecular complexity index is 990. The highest BCUT2D eigenvalue weighted by molar-refractivity contribution is 5.66. The second-order valence-electron chi connectivity index (χ2n) is 11.8. The van der Waals surface area contributed by atoms with E-state index in [-0.39, 0.29) is 0 Å². The van der Waals surface area contributed by atoms with E-state index in [9.17, 15) is 15.0 Å². The zero-order valence-electron chi connectivity index (χ0n) is 28.1. The van der Waals surface area contributed by atoms with Gasteiger partial charge in [0.15, 0.2) is 0 Å². The predicted molar refractivity (Wildman–Crippen MR) is 183 cm³/mol. The summed E-state index contributed by atoms with van der Waals surface area (Å²) in [7, 11) is 0. The van der Waals surface area contributed by atoms with Crippen LogP contribution >= 0.6 is 0 Å². The Morgan fingerprint density at radius 3 is 1.23 bits per heavy atom. The SMILES string of the molecule is C=C(C)C(C)(O)C#CC#CC(C)(O)C(=C)C.CCCCCCCCCCCCC#CC#CCCCCCCCCC(=O)O. The lowest BCUT2D eigenvalue weighted by molar-refractivity contribution is -0.137. The summed E-state index contributed by atoms with van der Waals surface area (Å²) in [4.78, 5) is 10.4. The van der Waals surface area contributed by atoms with Gasteiger partial charge in [-0.05, 0) is 93.6 Å². The molecule has 0 amide bonds. The molecular formula is C39H60O4. The van der Waals surface area contributed by atoms with Crippen LogP contribution in [0.3, 0.4) is 0 Å². The van der Waals surface area contributed by atoms with Crippen LogP contribution in [0.15, 0.2) is 24.3 Å². The molecule has 0 fully saturated rings. The Kier molecular flexibility index (Phi) is 27.4. The minimum atomic E-state index is -1.25. The van der Waals surface area contributed by atoms with Crippen molar-refractivity contribution in [2.24, 2.45) is 0 Å². The van der Waals surface area contributed by atoms with Gasteiger partial charge in [-0.15, -0.1) is 0 Å². The highest BCUT2D eigenvalue weighted by Gasteiger charge is 2.18. The van der Waals surface area contributed by atoms with Crippen LogP contribution in [0.5, 0.6) is 0 Å². The first kappa shape index (κ1) is 42.2. The fourth-order valence-corrected chi connectivity index (χ4v) is 3.63. The molecule has 0 bridgehead atoms. The third-order valence-corrected chi connectivity index (χ3v) is 7.17. The molecule has 0 aromatic heterocycles. The summed E-state index contributed by atoms with van der Waals surface area (Å²) in [6, 6.07) is 0. The van der Waals surface area contributed by atoms with Crippen LogP contribution in [0, 0.1) is 47.4 Å². The van der Waals surface area contributed by atoms with Crippen molar-refractivity contribution in [3.05, 3.63) is 24.3 Å². The second-order valence-corrected chi connectivity index (χ2v) is 11.8. The van der Waals surface area contributed by atoms with Crippen LogP contribution in [-0.4, -0.2) is 32.5 Å². The summed E-state index contributed by atoms with van der Waals surface area (Å²) in [5, 5.41) is 28.0. The molecule has 240 valence electrons. The summed E-state index contributed by atoms with van der Waals surface area (Å²) >= 11 is 0. The molecule has 4 nitrogen and oxygen atoms in total. The van der Waals surface area contributed by atoms with Gasteiger partial charge >= 0.3 is 5.97 Å². The molecule has 0 aromatic rings. The number of hydrogen-bond donors (Lipinski definition) is 3. The standard InChI is InChI=1S/C25H42O2.C14H18O2/c1-2-3-4-5-6-7-8-9-10-11-12-13-14-15-16-17-18-19-20-21-22-23-24-25(26)27;1-11(2)13(5,15)9-7-8-10-14(6,16)12(3)4/h2-12,17-24H2,1H3,(H,26,27);15-16H,1,3H2,2,4-6H3. The van der Waals surface area contributed by atoms with Gasteiger partial charge in [-0.3, -0.25) is 4.79 Å². The molecule has 2 unspecified atom stereocenters. The number of carbonyl (C=O) groups is 1. The molecule has 0 aliphatic heterocycles. The lowest BCUT2D eigenvalue weighted by atomic mass is 9.99. The second kappa shape index (κ2) is 27.9. The molecule has 0 aromatic carbocycles. The van der Waals surface area contributed by atoms with Crippen molar-refractivity contribution in [2.75, 3.05) is 0 Å². The van der Waals surface area contributed by atoms with Crippen LogP contribution < -0.4 is 0 Å². The van der Waals surface area contributed by atoms with Crippen molar-refractivity contribution < 1.29 is 20.1 Å². The Morgan fingerprint density at radius 2 is 0.907 bits per heavy atom. The number of aliphatic carboxylic acids is 1. The van der Waals surface area contributed by atoms with Gasteiger partial charge in [-0.2, -0.15) is 0 Å². The smallest absolute Gasteiger partial charge is 0.303 e. The molecule has 0 spiro atoms. The summed E-state index contributed by atoms with van der Waals surface area (Å²) < 4.78 is 0. The maximum absolute atomic E-state index is 10.4. The van der Waals surface area contributed by atoms with Gasteiger partial charge in [0, 0.05) is 19.3 Å². The van der Waals surface area contributed by atoms with Crippen molar-refractivity contribution in [3.63, 3.8) is 0 Å². The summed E-state index contributed by atoms with van der Waals surface area (Å²) in [5.41, 5.74) is -1.39. The van der Waals surface area contributed by atoms with Crippen molar-refractivity contribution in [3.8, 4) is 47.4 Å². The topological polar surface area (TPSA) is 77.8 Å². The van der Waals surface area contributed by atoms with Crippen molar-refractivity contribution >= 4 is 5.97 Å². The van der Waals surface area contributed by atoms with Gasteiger partial charge in [0.05, 0.1) is 0 Å². The number of aliphatic hydroxyl groups is 2. The maximum atomic E-state index is 10.4. The minimum absolute atomic E-state index is 0.309. The summed E-state index contributed by atoms with van der Waals surface area (Å²) in [6.07, 6.45) is 22.4. The lowest BCUT2D eigenvalue weighted by Crippen LogP contribution is -2.22. The van der Waals surface area contributed by atoms with E-state index in [0.717, 1.165) is 38.5 Å². The summed E-state index contributed by atoms with van der Waals surface area (Å²) in [6.45, 7) is 16.0. The zero-order chi connectivity index (χ0) is 32.8. The molecule has 0 radical (unpaired) electrons. The molecule has 0 aliphatic carbocycles. The maximum Gasteiger partial charge on any atom is 0.303 e. The number of carboxylic acid groups (broad SMARTS) is 1. The third-order valence-electron chi connectivity index (χ3n) is 7.17. The fraction of sp³-hybridized carbons (Fsp3) is 0.667. The van der Waals surface area contributed by atoms with E-state index >= 15 is 0 Å². The van der Waals surface area contributed by atoms with E-state index in [1.54, 1.807) is 27.7 Å². The molecule has 4 heteroatoms. The molecule has 0 rings (SSSR count). The van der Waals surface area contributed by atoms with E-state index in [1.807, 2.05) is 0 Å². The monoisotopic (exact) mass is 592 g/mol. The van der Waals surface area contributed by atoms with Gasteiger partial charge in [0.1, 0.15) is 11.2 Å². The zero-order valence-corrected chi connectivity index (χ0v) is 28.1. The van der Waals surface area contributed by atoms with Crippen LogP contribution in [-0.2, 0) is 4.79 Å². The van der Waals surface area contributed by atoms with Gasteiger partial charge in [0.25, 0.3) is 0 Å². The van der Waals surface area contributed by atoms with Gasteiger partial charge in [0.2, 0.25) is 0 Å². The summed E-state index contributed by atoms with van der Waals surface area (Å²) in [5.74, 6) is 21.7. The number of unbranched alkanes of at least 4 members (excludes halogenated alkanes) is 16. The highest BCUT2D eigenvalue weighted by Crippen LogP contribution is 2.13. The number of hydrogen-bond acceptors (Lipinski definition) is 3. The third kappa shape index (κ3) is 30.4. The van der Waals surface area contributed by atoms with E-state index < -0.39 is 17.2 Å². The van der Waals surface area contributed by atoms with Crippen LogP contribution in [0.25, 0.3) is 0 Å². The average molecular weight is 593 g/mol. The van der Waals surface area contributed by atoms with Gasteiger partial charge in [-0.1, -0.05) is 115 Å². The molecule has 0 saturated heterocycles. The largest absolute Gasteiger partial charge is 0.481 e. The first-order chi connectivity index (χ1) is 20.4. The van der Waals surface area contributed by atoms with E-state index in [1.165, 1.54) is 77.0 Å².